The predicted octanol–water partition coefficient (Wildman–Crippen LogP) is 1.13. The summed E-state index contributed by atoms with van der Waals surface area (Å²) in [5.74, 6) is -0.767. The van der Waals surface area contributed by atoms with Gasteiger partial charge in [0.05, 0.1) is 6.61 Å². The molecule has 0 N–H and O–H groups in total. The van der Waals surface area contributed by atoms with Gasteiger partial charge in [0.1, 0.15) is 25.8 Å². The molecule has 102 valence electrons. The molecule has 0 spiro atoms. The number of rotatable bonds is 10. The second kappa shape index (κ2) is 10.8. The highest BCUT2D eigenvalue weighted by molar-refractivity contribution is 7.41. The maximum Gasteiger partial charge on any atom is 0.398 e. The summed E-state index contributed by atoms with van der Waals surface area (Å²) in [6.45, 7) is 2.90. The average Bonchev–Trinajstić information content (AvgIpc) is 2.38. The first-order chi connectivity index (χ1) is 8.69. The molecular weight excluding hydrogens is 263 g/mol. The minimum atomic E-state index is -1.99. The van der Waals surface area contributed by atoms with Crippen molar-refractivity contribution in [3.8, 4) is 0 Å². The van der Waals surface area contributed by atoms with E-state index in [1.54, 1.807) is 13.8 Å². The monoisotopic (exact) mass is 278 g/mol. The standard InChI is InChI=1S/C10H15O7P/c1-3-9(10(13)14-4-2)17-18(15-7-5-11)16-8-6-12/h3,5-6H,4,7-8H2,1-2H3/b9-3+. The lowest BCUT2D eigenvalue weighted by atomic mass is 10.5. The van der Waals surface area contributed by atoms with Gasteiger partial charge in [-0.25, -0.2) is 4.79 Å². The molecule has 0 saturated carbocycles. The molecule has 0 saturated heterocycles. The summed E-state index contributed by atoms with van der Waals surface area (Å²) in [5.41, 5.74) is 0. The molecule has 0 rings (SSSR count). The van der Waals surface area contributed by atoms with Crippen LogP contribution in [0.25, 0.3) is 0 Å². The Labute approximate surface area is 106 Å². The Morgan fingerprint density at radius 3 is 2.11 bits per heavy atom. The maximum absolute atomic E-state index is 11.4. The van der Waals surface area contributed by atoms with Crippen LogP contribution in [0.5, 0.6) is 0 Å². The van der Waals surface area contributed by atoms with Crippen LogP contribution in [0.2, 0.25) is 0 Å². The molecule has 8 heteroatoms. The first-order valence-electron chi connectivity index (χ1n) is 5.14. The van der Waals surface area contributed by atoms with E-state index in [2.05, 4.69) is 0 Å². The Hall–Kier alpha value is -1.30. The number of carbonyl (C=O) groups excluding carboxylic acids is 3. The van der Waals surface area contributed by atoms with Gasteiger partial charge in [0.15, 0.2) is 0 Å². The second-order valence-electron chi connectivity index (χ2n) is 2.61. The first-order valence-corrected chi connectivity index (χ1v) is 6.23. The van der Waals surface area contributed by atoms with Crippen LogP contribution in [0.4, 0.5) is 0 Å². The third kappa shape index (κ3) is 7.11. The van der Waals surface area contributed by atoms with Crippen LogP contribution in [0.1, 0.15) is 13.8 Å². The second-order valence-corrected chi connectivity index (χ2v) is 3.76. The van der Waals surface area contributed by atoms with Crippen molar-refractivity contribution in [2.24, 2.45) is 0 Å². The molecule has 0 bridgehead atoms. The van der Waals surface area contributed by atoms with E-state index in [1.165, 1.54) is 6.08 Å². The molecule has 7 nitrogen and oxygen atoms in total. The van der Waals surface area contributed by atoms with Crippen LogP contribution in [0, 0.1) is 0 Å². The van der Waals surface area contributed by atoms with Gasteiger partial charge >= 0.3 is 14.6 Å². The molecule has 0 aliphatic heterocycles. The molecule has 0 radical (unpaired) electrons. The van der Waals surface area contributed by atoms with Crippen molar-refractivity contribution in [3.63, 3.8) is 0 Å². The van der Waals surface area contributed by atoms with Crippen molar-refractivity contribution in [1.29, 1.82) is 0 Å². The first kappa shape index (κ1) is 16.7. The van der Waals surface area contributed by atoms with Crippen LogP contribution in [0.3, 0.4) is 0 Å². The van der Waals surface area contributed by atoms with Gasteiger partial charge in [-0.3, -0.25) is 9.05 Å². The SMILES string of the molecule is C/C=C(/OP(OCC=O)OCC=O)C(=O)OCC. The van der Waals surface area contributed by atoms with E-state index < -0.39 is 14.6 Å². The van der Waals surface area contributed by atoms with E-state index in [4.69, 9.17) is 18.3 Å². The lowest BCUT2D eigenvalue weighted by molar-refractivity contribution is -0.141. The average molecular weight is 278 g/mol. The van der Waals surface area contributed by atoms with Crippen LogP contribution in [0.15, 0.2) is 11.8 Å². The Morgan fingerprint density at radius 1 is 1.17 bits per heavy atom. The fourth-order valence-electron chi connectivity index (χ4n) is 0.763. The predicted molar refractivity (Wildman–Crippen MR) is 62.4 cm³/mol. The maximum atomic E-state index is 11.4. The molecule has 0 amide bonds. The molecule has 0 aromatic rings. The minimum absolute atomic E-state index is 0.0974. The minimum Gasteiger partial charge on any atom is -0.460 e. The smallest absolute Gasteiger partial charge is 0.398 e. The van der Waals surface area contributed by atoms with Crippen LogP contribution in [-0.4, -0.2) is 38.4 Å². The Morgan fingerprint density at radius 2 is 1.72 bits per heavy atom. The number of aldehydes is 2. The van der Waals surface area contributed by atoms with Crippen molar-refractivity contribution in [2.45, 2.75) is 13.8 Å². The van der Waals surface area contributed by atoms with E-state index in [9.17, 15) is 14.4 Å². The molecule has 0 atom stereocenters. The van der Waals surface area contributed by atoms with Gasteiger partial charge < -0.3 is 18.8 Å². The third-order valence-corrected chi connectivity index (χ3v) is 2.47. The molecular formula is C10H15O7P. The summed E-state index contributed by atoms with van der Waals surface area (Å²) in [6.07, 6.45) is 2.38. The van der Waals surface area contributed by atoms with Crippen molar-refractivity contribution in [2.75, 3.05) is 19.8 Å². The highest BCUT2D eigenvalue weighted by Gasteiger charge is 2.21. The molecule has 0 aromatic heterocycles. The Kier molecular flexibility index (Phi) is 10.0. The van der Waals surface area contributed by atoms with Crippen LogP contribution >= 0.6 is 8.60 Å². The zero-order valence-electron chi connectivity index (χ0n) is 10.2. The lowest BCUT2D eigenvalue weighted by Crippen LogP contribution is -2.10. The van der Waals surface area contributed by atoms with E-state index >= 15 is 0 Å². The van der Waals surface area contributed by atoms with E-state index in [0.29, 0.717) is 12.6 Å². The summed E-state index contributed by atoms with van der Waals surface area (Å²) in [6, 6.07) is 0. The van der Waals surface area contributed by atoms with Crippen molar-refractivity contribution in [1.82, 2.24) is 0 Å². The van der Waals surface area contributed by atoms with Gasteiger partial charge in [-0.15, -0.1) is 0 Å². The van der Waals surface area contributed by atoms with Gasteiger partial charge in [-0.05, 0) is 19.9 Å². The molecule has 0 fully saturated rings. The highest BCUT2D eigenvalue weighted by Crippen LogP contribution is 2.41. The molecule has 0 aromatic carbocycles. The van der Waals surface area contributed by atoms with Crippen LogP contribution in [-0.2, 0) is 32.7 Å². The van der Waals surface area contributed by atoms with E-state index in [0.717, 1.165) is 0 Å². The van der Waals surface area contributed by atoms with Gasteiger partial charge in [0, 0.05) is 0 Å². The van der Waals surface area contributed by atoms with Gasteiger partial charge in [-0.2, -0.15) is 0 Å². The molecule has 0 aliphatic carbocycles. The number of ether oxygens (including phenoxy) is 1. The summed E-state index contributed by atoms with van der Waals surface area (Å²) >= 11 is 0. The van der Waals surface area contributed by atoms with Gasteiger partial charge in [0.2, 0.25) is 5.76 Å². The fourth-order valence-corrected chi connectivity index (χ4v) is 1.65. The zero-order valence-corrected chi connectivity index (χ0v) is 11.1. The Balaban J connectivity index is 4.45. The largest absolute Gasteiger partial charge is 0.460 e. The summed E-state index contributed by atoms with van der Waals surface area (Å²) in [4.78, 5) is 31.7. The van der Waals surface area contributed by atoms with Crippen molar-refractivity contribution >= 4 is 27.1 Å². The normalized spacial score (nSPS) is 11.2. The molecule has 0 aliphatic rings. The van der Waals surface area contributed by atoms with Gasteiger partial charge in [0.25, 0.3) is 0 Å². The van der Waals surface area contributed by atoms with E-state index in [1.807, 2.05) is 0 Å². The zero-order chi connectivity index (χ0) is 13.8. The fraction of sp³-hybridized carbons (Fsp3) is 0.500. The number of carbonyl (C=O) groups is 3. The Bertz CT molecular complexity index is 291. The van der Waals surface area contributed by atoms with Crippen LogP contribution < -0.4 is 0 Å². The number of hydrogen-bond acceptors (Lipinski definition) is 7. The summed E-state index contributed by atoms with van der Waals surface area (Å²) in [5, 5.41) is 0. The van der Waals surface area contributed by atoms with Crippen molar-refractivity contribution < 1.29 is 32.7 Å². The topological polar surface area (TPSA) is 88.1 Å². The van der Waals surface area contributed by atoms with E-state index in [-0.39, 0.29) is 25.6 Å². The highest BCUT2D eigenvalue weighted by atomic mass is 31.2. The number of esters is 1. The molecule has 0 heterocycles. The number of hydrogen-bond donors (Lipinski definition) is 0. The summed E-state index contributed by atoms with van der Waals surface area (Å²) < 4.78 is 19.6. The van der Waals surface area contributed by atoms with Crippen molar-refractivity contribution in [3.05, 3.63) is 11.8 Å². The third-order valence-electron chi connectivity index (χ3n) is 1.41. The number of allylic oxidation sites excluding steroid dienone is 1. The molecule has 18 heavy (non-hydrogen) atoms. The van der Waals surface area contributed by atoms with Gasteiger partial charge in [-0.1, -0.05) is 0 Å². The summed E-state index contributed by atoms with van der Waals surface area (Å²) in [7, 11) is -1.99. The molecule has 0 unspecified atom stereocenters. The lowest BCUT2D eigenvalue weighted by Gasteiger charge is -2.15. The quantitative estimate of drug-likeness (QED) is 0.194.